The molecule has 0 unspecified atom stereocenters. The summed E-state index contributed by atoms with van der Waals surface area (Å²) in [7, 11) is 0. The number of carbonyl (C=O) groups excluding carboxylic acids is 1. The van der Waals surface area contributed by atoms with Gasteiger partial charge in [0.05, 0.1) is 5.56 Å². The molecule has 94 valence electrons. The molecule has 0 N–H and O–H groups in total. The standard InChI is InChI=1S/C14H21NO2/c1-9-5-10(2)8-15(7-9)14(16)13-6-11(3)17-12(13)4/h6,9-10H,5,7-8H2,1-4H3/t9-,10+. The highest BCUT2D eigenvalue weighted by atomic mass is 16.3. The first-order chi connectivity index (χ1) is 7.97. The third-order valence-corrected chi connectivity index (χ3v) is 3.43. The molecule has 1 aromatic heterocycles. The van der Waals surface area contributed by atoms with Gasteiger partial charge in [-0.05, 0) is 38.2 Å². The topological polar surface area (TPSA) is 33.5 Å². The fourth-order valence-electron chi connectivity index (χ4n) is 2.84. The first-order valence-electron chi connectivity index (χ1n) is 6.33. The molecule has 2 rings (SSSR count). The molecule has 1 saturated heterocycles. The number of hydrogen-bond donors (Lipinski definition) is 0. The summed E-state index contributed by atoms with van der Waals surface area (Å²) in [5.41, 5.74) is 0.726. The number of piperidine rings is 1. The Kier molecular flexibility index (Phi) is 3.27. The first kappa shape index (κ1) is 12.2. The third-order valence-electron chi connectivity index (χ3n) is 3.43. The van der Waals surface area contributed by atoms with Gasteiger partial charge in [0.25, 0.3) is 5.91 Å². The highest BCUT2D eigenvalue weighted by Crippen LogP contribution is 2.24. The minimum Gasteiger partial charge on any atom is -0.466 e. The average Bonchev–Trinajstić information content (AvgIpc) is 2.55. The molecule has 1 aliphatic rings. The van der Waals surface area contributed by atoms with E-state index in [-0.39, 0.29) is 5.91 Å². The molecule has 1 fully saturated rings. The molecule has 2 atom stereocenters. The van der Waals surface area contributed by atoms with Crippen molar-refractivity contribution in [3.8, 4) is 0 Å². The van der Waals surface area contributed by atoms with Crippen LogP contribution in [0, 0.1) is 25.7 Å². The molecule has 1 aromatic rings. The summed E-state index contributed by atoms with van der Waals surface area (Å²) in [5, 5.41) is 0. The fraction of sp³-hybridized carbons (Fsp3) is 0.643. The normalized spacial score (nSPS) is 25.1. The largest absolute Gasteiger partial charge is 0.466 e. The Bertz CT molecular complexity index is 412. The molecule has 2 heterocycles. The van der Waals surface area contributed by atoms with Crippen LogP contribution in [-0.4, -0.2) is 23.9 Å². The van der Waals surface area contributed by atoms with Crippen molar-refractivity contribution in [3.05, 3.63) is 23.2 Å². The van der Waals surface area contributed by atoms with Gasteiger partial charge >= 0.3 is 0 Å². The van der Waals surface area contributed by atoms with E-state index in [9.17, 15) is 4.79 Å². The Morgan fingerprint density at radius 2 is 1.88 bits per heavy atom. The number of likely N-dealkylation sites (tertiary alicyclic amines) is 1. The van der Waals surface area contributed by atoms with Gasteiger partial charge < -0.3 is 9.32 Å². The van der Waals surface area contributed by atoms with Crippen molar-refractivity contribution in [2.24, 2.45) is 11.8 Å². The zero-order valence-corrected chi connectivity index (χ0v) is 11.1. The van der Waals surface area contributed by atoms with Crippen LogP contribution in [0.15, 0.2) is 10.5 Å². The Morgan fingerprint density at radius 3 is 2.35 bits per heavy atom. The van der Waals surface area contributed by atoms with Crippen LogP contribution in [-0.2, 0) is 0 Å². The highest BCUT2D eigenvalue weighted by molar-refractivity contribution is 5.95. The summed E-state index contributed by atoms with van der Waals surface area (Å²) < 4.78 is 5.43. The lowest BCUT2D eigenvalue weighted by atomic mass is 9.91. The Hall–Kier alpha value is -1.25. The van der Waals surface area contributed by atoms with Gasteiger partial charge in [0.2, 0.25) is 0 Å². The molecule has 0 aromatic carbocycles. The average molecular weight is 235 g/mol. The van der Waals surface area contributed by atoms with E-state index >= 15 is 0 Å². The van der Waals surface area contributed by atoms with Crippen molar-refractivity contribution >= 4 is 5.91 Å². The van der Waals surface area contributed by atoms with Crippen molar-refractivity contribution in [1.82, 2.24) is 4.90 Å². The number of hydrogen-bond acceptors (Lipinski definition) is 2. The lowest BCUT2D eigenvalue weighted by Crippen LogP contribution is -2.42. The maximum atomic E-state index is 12.4. The van der Waals surface area contributed by atoms with E-state index in [1.54, 1.807) is 0 Å². The van der Waals surface area contributed by atoms with Crippen molar-refractivity contribution < 1.29 is 9.21 Å². The summed E-state index contributed by atoms with van der Waals surface area (Å²) in [5.74, 6) is 2.85. The van der Waals surface area contributed by atoms with Crippen LogP contribution >= 0.6 is 0 Å². The zero-order chi connectivity index (χ0) is 12.6. The second kappa shape index (κ2) is 4.55. The molecule has 1 aliphatic heterocycles. The molecule has 0 saturated carbocycles. The summed E-state index contributed by atoms with van der Waals surface area (Å²) in [6.07, 6.45) is 1.22. The predicted molar refractivity (Wildman–Crippen MR) is 67.0 cm³/mol. The number of furan rings is 1. The lowest BCUT2D eigenvalue weighted by Gasteiger charge is -2.34. The predicted octanol–water partition coefficient (Wildman–Crippen LogP) is 3.01. The number of amides is 1. The minimum absolute atomic E-state index is 0.123. The van der Waals surface area contributed by atoms with Crippen LogP contribution in [0.2, 0.25) is 0 Å². The molecule has 3 heteroatoms. The Labute approximate surface area is 103 Å². The first-order valence-corrected chi connectivity index (χ1v) is 6.33. The van der Waals surface area contributed by atoms with Crippen LogP contribution < -0.4 is 0 Å². The Morgan fingerprint density at radius 1 is 1.29 bits per heavy atom. The van der Waals surface area contributed by atoms with E-state index in [0.717, 1.165) is 30.2 Å². The summed E-state index contributed by atoms with van der Waals surface area (Å²) >= 11 is 0. The van der Waals surface area contributed by atoms with Gasteiger partial charge in [0.1, 0.15) is 11.5 Å². The van der Waals surface area contributed by atoms with Gasteiger partial charge in [0, 0.05) is 13.1 Å². The SMILES string of the molecule is Cc1cc(C(=O)N2C[C@H](C)C[C@H](C)C2)c(C)o1. The van der Waals surface area contributed by atoms with E-state index in [2.05, 4.69) is 13.8 Å². The van der Waals surface area contributed by atoms with Gasteiger partial charge in [-0.25, -0.2) is 0 Å². The second-order valence-corrected chi connectivity index (χ2v) is 5.48. The molecule has 17 heavy (non-hydrogen) atoms. The summed E-state index contributed by atoms with van der Waals surface area (Å²) in [6.45, 7) is 9.90. The summed E-state index contributed by atoms with van der Waals surface area (Å²) in [6, 6.07) is 1.85. The van der Waals surface area contributed by atoms with E-state index in [0.29, 0.717) is 11.8 Å². The zero-order valence-electron chi connectivity index (χ0n) is 11.1. The van der Waals surface area contributed by atoms with Crippen molar-refractivity contribution in [2.75, 3.05) is 13.1 Å². The molecular formula is C14H21NO2. The smallest absolute Gasteiger partial charge is 0.257 e. The number of carbonyl (C=O) groups is 1. The molecular weight excluding hydrogens is 214 g/mol. The molecule has 0 aliphatic carbocycles. The number of aryl methyl sites for hydroxylation is 2. The van der Waals surface area contributed by atoms with Crippen molar-refractivity contribution in [1.29, 1.82) is 0 Å². The van der Waals surface area contributed by atoms with E-state index in [4.69, 9.17) is 4.42 Å². The van der Waals surface area contributed by atoms with Crippen LogP contribution in [0.25, 0.3) is 0 Å². The van der Waals surface area contributed by atoms with E-state index < -0.39 is 0 Å². The minimum atomic E-state index is 0.123. The van der Waals surface area contributed by atoms with Crippen molar-refractivity contribution in [3.63, 3.8) is 0 Å². The Balaban J connectivity index is 2.17. The monoisotopic (exact) mass is 235 g/mol. The van der Waals surface area contributed by atoms with Gasteiger partial charge in [-0.3, -0.25) is 4.79 Å². The van der Waals surface area contributed by atoms with Gasteiger partial charge in [-0.15, -0.1) is 0 Å². The van der Waals surface area contributed by atoms with Crippen LogP contribution in [0.5, 0.6) is 0 Å². The molecule has 0 bridgehead atoms. The van der Waals surface area contributed by atoms with Gasteiger partial charge in [-0.1, -0.05) is 13.8 Å². The van der Waals surface area contributed by atoms with Crippen molar-refractivity contribution in [2.45, 2.75) is 34.1 Å². The molecule has 3 nitrogen and oxygen atoms in total. The fourth-order valence-corrected chi connectivity index (χ4v) is 2.84. The maximum absolute atomic E-state index is 12.4. The number of rotatable bonds is 1. The van der Waals surface area contributed by atoms with E-state index in [1.807, 2.05) is 24.8 Å². The highest BCUT2D eigenvalue weighted by Gasteiger charge is 2.27. The van der Waals surface area contributed by atoms with E-state index in [1.165, 1.54) is 6.42 Å². The molecule has 0 spiro atoms. The van der Waals surface area contributed by atoms with Gasteiger partial charge in [0.15, 0.2) is 0 Å². The molecule has 1 amide bonds. The lowest BCUT2D eigenvalue weighted by molar-refractivity contribution is 0.0621. The second-order valence-electron chi connectivity index (χ2n) is 5.48. The quantitative estimate of drug-likeness (QED) is 0.749. The number of nitrogens with zero attached hydrogens (tertiary/aromatic N) is 1. The third kappa shape index (κ3) is 2.54. The van der Waals surface area contributed by atoms with Crippen LogP contribution in [0.4, 0.5) is 0 Å². The summed E-state index contributed by atoms with van der Waals surface area (Å²) in [4.78, 5) is 14.4. The molecule has 0 radical (unpaired) electrons. The maximum Gasteiger partial charge on any atom is 0.257 e. The van der Waals surface area contributed by atoms with Gasteiger partial charge in [-0.2, -0.15) is 0 Å². The van der Waals surface area contributed by atoms with Crippen LogP contribution in [0.1, 0.15) is 42.1 Å². The van der Waals surface area contributed by atoms with Crippen LogP contribution in [0.3, 0.4) is 0 Å².